The minimum atomic E-state index is -0.880. The van der Waals surface area contributed by atoms with E-state index in [0.29, 0.717) is 48.9 Å². The van der Waals surface area contributed by atoms with Gasteiger partial charge in [0, 0.05) is 42.5 Å². The predicted molar refractivity (Wildman–Crippen MR) is 255 cm³/mol. The number of aliphatic hydroxyl groups is 3. The summed E-state index contributed by atoms with van der Waals surface area (Å²) in [5, 5.41) is 76.5. The molecule has 0 amide bonds. The number of methoxy groups -OCH3 is 1. The van der Waals surface area contributed by atoms with Gasteiger partial charge in [-0.25, -0.2) is 0 Å². The fraction of sp³-hybridized carbons (Fsp3) is 0.604. The van der Waals surface area contributed by atoms with Crippen molar-refractivity contribution >= 4 is 5.97 Å². The molecule has 2 saturated heterocycles. The Morgan fingerprint density at radius 3 is 2.56 bits per heavy atom. The minimum Gasteiger partial charge on any atom is -0.504 e. The molecule has 15 nitrogen and oxygen atoms in total. The number of phenols is 2. The molecular formula is C53H72N4O11. The lowest BCUT2D eigenvalue weighted by Gasteiger charge is -2.61. The molecule has 3 heterocycles. The number of hydrogen-bond acceptors (Lipinski definition) is 14. The highest BCUT2D eigenvalue weighted by atomic mass is 16.5. The SMILES string of the molecule is COc1cc(C2OC(CCc3ccc(O)c(OCNC4C=CC5CCCC5C4O)c3)CC(O)C2CCO)cc(OCC2NC(C)CC3(CCCC3)C23C(C(=O)O)C=CC3C2=CCNC(N)=C2)c1O. The van der Waals surface area contributed by atoms with Crippen molar-refractivity contribution in [1.29, 1.82) is 0 Å². The highest BCUT2D eigenvalue weighted by molar-refractivity contribution is 5.75. The number of hydrogen-bond donors (Lipinski definition) is 10. The number of ether oxygens (including phenoxy) is 4. The molecule has 370 valence electrons. The van der Waals surface area contributed by atoms with E-state index in [-0.39, 0.29) is 78.7 Å². The van der Waals surface area contributed by atoms with E-state index in [9.17, 15) is 35.4 Å². The number of aromatic hydroxyl groups is 2. The minimum absolute atomic E-state index is 0.00613. The van der Waals surface area contributed by atoms with Crippen molar-refractivity contribution in [3.63, 3.8) is 0 Å². The van der Waals surface area contributed by atoms with E-state index < -0.39 is 53.7 Å². The first-order valence-electron chi connectivity index (χ1n) is 25.0. The Balaban J connectivity index is 0.937. The normalized spacial score (nSPS) is 34.9. The number of rotatable bonds is 16. The Bertz CT molecular complexity index is 2260. The Labute approximate surface area is 399 Å². The lowest BCUT2D eigenvalue weighted by atomic mass is 9.46. The van der Waals surface area contributed by atoms with Crippen LogP contribution in [-0.4, -0.2) is 107 Å². The maximum atomic E-state index is 13.5. The van der Waals surface area contributed by atoms with E-state index in [1.54, 1.807) is 24.3 Å². The van der Waals surface area contributed by atoms with Crippen LogP contribution in [0.25, 0.3) is 0 Å². The second kappa shape index (κ2) is 20.3. The third-order valence-electron chi connectivity index (χ3n) is 16.9. The van der Waals surface area contributed by atoms with E-state index >= 15 is 0 Å². The average Bonchev–Trinajstić information content (AvgIpc) is 4.10. The Morgan fingerprint density at radius 1 is 0.985 bits per heavy atom. The van der Waals surface area contributed by atoms with Gasteiger partial charge >= 0.3 is 5.97 Å². The number of aliphatic carboxylic acids is 1. The summed E-state index contributed by atoms with van der Waals surface area (Å²) in [5.41, 5.74) is 7.71. The Hall–Kier alpha value is -4.77. The Morgan fingerprint density at radius 2 is 1.79 bits per heavy atom. The molecule has 2 saturated carbocycles. The van der Waals surface area contributed by atoms with E-state index in [2.05, 4.69) is 41.1 Å². The van der Waals surface area contributed by atoms with Crippen LogP contribution in [0.1, 0.15) is 94.8 Å². The van der Waals surface area contributed by atoms with Crippen LogP contribution in [0.3, 0.4) is 0 Å². The van der Waals surface area contributed by atoms with Crippen molar-refractivity contribution in [2.45, 2.75) is 127 Å². The molecule has 11 N–H and O–H groups in total. The lowest BCUT2D eigenvalue weighted by Crippen LogP contribution is -2.69. The highest BCUT2D eigenvalue weighted by Gasteiger charge is 2.69. The van der Waals surface area contributed by atoms with Crippen LogP contribution in [0.2, 0.25) is 0 Å². The molecule has 2 spiro atoms. The lowest BCUT2D eigenvalue weighted by molar-refractivity contribution is -0.160. The number of carboxylic acid groups (broad SMARTS) is 1. The monoisotopic (exact) mass is 941 g/mol. The molecule has 4 fully saturated rings. The molecule has 0 aromatic heterocycles. The predicted octanol–water partition coefficient (Wildman–Crippen LogP) is 5.46. The van der Waals surface area contributed by atoms with Crippen LogP contribution in [0, 0.1) is 40.4 Å². The number of allylic oxidation sites excluding steroid dienone is 4. The zero-order valence-corrected chi connectivity index (χ0v) is 39.4. The number of carbonyl (C=O) groups is 1. The summed E-state index contributed by atoms with van der Waals surface area (Å²) in [6.07, 6.45) is 19.4. The van der Waals surface area contributed by atoms with Crippen LogP contribution in [0.15, 0.2) is 78.2 Å². The maximum Gasteiger partial charge on any atom is 0.311 e. The van der Waals surface area contributed by atoms with Gasteiger partial charge < -0.3 is 66.0 Å². The van der Waals surface area contributed by atoms with Gasteiger partial charge in [0.1, 0.15) is 13.3 Å². The topological polar surface area (TPSA) is 237 Å². The first kappa shape index (κ1) is 48.3. The number of nitrogens with one attached hydrogen (secondary N) is 3. The summed E-state index contributed by atoms with van der Waals surface area (Å²) >= 11 is 0. The third kappa shape index (κ3) is 9.10. The first-order chi connectivity index (χ1) is 32.8. The second-order valence-corrected chi connectivity index (χ2v) is 20.6. The van der Waals surface area contributed by atoms with Gasteiger partial charge in [-0.15, -0.1) is 0 Å². The number of aryl methyl sites for hydroxylation is 1. The van der Waals surface area contributed by atoms with Gasteiger partial charge in [-0.05, 0) is 129 Å². The molecular weight excluding hydrogens is 869 g/mol. The summed E-state index contributed by atoms with van der Waals surface area (Å²) in [7, 11) is 1.46. The van der Waals surface area contributed by atoms with Gasteiger partial charge in [0.2, 0.25) is 5.75 Å². The largest absolute Gasteiger partial charge is 0.504 e. The molecule has 2 aromatic rings. The van der Waals surface area contributed by atoms with E-state index in [1.807, 2.05) is 24.3 Å². The van der Waals surface area contributed by atoms with Crippen molar-refractivity contribution in [2.24, 2.45) is 46.2 Å². The number of fused-ring (bicyclic) bond motifs is 2. The van der Waals surface area contributed by atoms with Crippen LogP contribution in [-0.2, 0) is 16.0 Å². The molecule has 13 atom stereocenters. The number of piperidine rings is 1. The summed E-state index contributed by atoms with van der Waals surface area (Å²) in [6.45, 7) is 2.68. The van der Waals surface area contributed by atoms with Crippen molar-refractivity contribution < 1.29 is 54.4 Å². The maximum absolute atomic E-state index is 13.5. The van der Waals surface area contributed by atoms with Crippen LogP contribution < -0.4 is 35.9 Å². The van der Waals surface area contributed by atoms with Gasteiger partial charge in [0.15, 0.2) is 23.0 Å². The molecule has 7 aliphatic rings. The Kier molecular flexibility index (Phi) is 14.4. The van der Waals surface area contributed by atoms with E-state index in [4.69, 9.17) is 24.7 Å². The fourth-order valence-electron chi connectivity index (χ4n) is 13.9. The van der Waals surface area contributed by atoms with Crippen molar-refractivity contribution in [3.05, 3.63) is 89.3 Å². The van der Waals surface area contributed by atoms with Crippen molar-refractivity contribution in [2.75, 3.05) is 33.6 Å². The molecule has 2 aromatic carbocycles. The van der Waals surface area contributed by atoms with Gasteiger partial charge in [-0.3, -0.25) is 10.1 Å². The molecule has 9 rings (SSSR count). The van der Waals surface area contributed by atoms with Crippen LogP contribution in [0.5, 0.6) is 28.7 Å². The smallest absolute Gasteiger partial charge is 0.311 e. The molecule has 13 unspecified atom stereocenters. The van der Waals surface area contributed by atoms with Crippen LogP contribution >= 0.6 is 0 Å². The van der Waals surface area contributed by atoms with E-state index in [1.165, 1.54) is 7.11 Å². The first-order valence-corrected chi connectivity index (χ1v) is 25.0. The fourth-order valence-corrected chi connectivity index (χ4v) is 13.9. The number of dihydropyridines is 1. The molecule has 68 heavy (non-hydrogen) atoms. The average molecular weight is 941 g/mol. The van der Waals surface area contributed by atoms with Crippen molar-refractivity contribution in [3.8, 4) is 28.7 Å². The zero-order chi connectivity index (χ0) is 47.7. The summed E-state index contributed by atoms with van der Waals surface area (Å²) in [4.78, 5) is 13.5. The van der Waals surface area contributed by atoms with Gasteiger partial charge in [-0.2, -0.15) is 0 Å². The molecule has 15 heteroatoms. The van der Waals surface area contributed by atoms with E-state index in [0.717, 1.165) is 62.5 Å². The zero-order valence-electron chi connectivity index (χ0n) is 39.4. The standard InChI is InChI=1S/C53H72N4O11/c1-30-27-52(18-3-4-19-52)53(38(12-13-39(53)51(63)64)33-16-20-55-47(54)25-33)46(57-30)28-66-45-24-34(23-44(65-2)49(45)62)50-37(17-21-58)42(60)26-35(68-50)11-8-31-9-15-41(59)43(22-31)67-29-56-40-14-10-32-6-5-7-36(32)48(40)61/h9-10,12-16,22-25,30,32,35-40,42,46,48,50,55-62H,3-8,11,17-21,26-29,54H2,1-2H3,(H,63,64). The highest BCUT2D eigenvalue weighted by Crippen LogP contribution is 2.68. The number of carboxylic acids is 1. The number of phenolic OH excluding ortho intramolecular Hbond substituents is 2. The summed E-state index contributed by atoms with van der Waals surface area (Å²) < 4.78 is 25.3. The molecule has 3 aliphatic heterocycles. The number of nitrogens with two attached hydrogens (primary N) is 1. The van der Waals surface area contributed by atoms with Gasteiger partial charge in [0.05, 0.1) is 49.3 Å². The summed E-state index contributed by atoms with van der Waals surface area (Å²) in [5.74, 6) is -0.781. The van der Waals surface area contributed by atoms with Crippen LogP contribution in [0.4, 0.5) is 0 Å². The molecule has 0 bridgehead atoms. The summed E-state index contributed by atoms with van der Waals surface area (Å²) in [6, 6.07) is 8.04. The molecule has 0 radical (unpaired) electrons. The van der Waals surface area contributed by atoms with Crippen molar-refractivity contribution in [1.82, 2.24) is 16.0 Å². The van der Waals surface area contributed by atoms with Gasteiger partial charge in [-0.1, -0.05) is 55.7 Å². The second-order valence-electron chi connectivity index (χ2n) is 20.6. The third-order valence-corrected chi connectivity index (χ3v) is 16.9. The number of benzene rings is 2. The van der Waals surface area contributed by atoms with Gasteiger partial charge in [0.25, 0.3) is 0 Å². The quantitative estimate of drug-likeness (QED) is 0.0743. The molecule has 4 aliphatic carbocycles. The number of aliphatic hydroxyl groups excluding tert-OH is 3.